The Morgan fingerprint density at radius 3 is 2.42 bits per heavy atom. The normalized spacial score (nSPS) is 17.5. The lowest BCUT2D eigenvalue weighted by Crippen LogP contribution is -2.37. The maximum Gasteiger partial charge on any atom is 0.417 e. The summed E-state index contributed by atoms with van der Waals surface area (Å²) in [6.45, 7) is 1.96. The monoisotopic (exact) mass is 341 g/mol. The molecule has 24 heavy (non-hydrogen) atoms. The highest BCUT2D eigenvalue weighted by atomic mass is 19.4. The highest BCUT2D eigenvalue weighted by molar-refractivity contribution is 5.84. The maximum absolute atomic E-state index is 12.9. The zero-order valence-corrected chi connectivity index (χ0v) is 13.5. The molecule has 0 saturated carbocycles. The standard InChI is InChI=1S/C17H22F3N3O/c18-17(19,20)15-9-5-4-8-14(15)12-21-22-16(24)13-23-10-6-2-1-3-7-11-23/h4-5,8-9,12H,1-3,6-7,10-11,13H2,(H,22,24)/b21-12-. The van der Waals surface area contributed by atoms with E-state index in [9.17, 15) is 18.0 Å². The van der Waals surface area contributed by atoms with Crippen LogP contribution in [0, 0.1) is 0 Å². The summed E-state index contributed by atoms with van der Waals surface area (Å²) in [6.07, 6.45) is 2.30. The van der Waals surface area contributed by atoms with E-state index >= 15 is 0 Å². The van der Waals surface area contributed by atoms with Gasteiger partial charge in [-0.3, -0.25) is 9.69 Å². The van der Waals surface area contributed by atoms with Crippen LogP contribution >= 0.6 is 0 Å². The van der Waals surface area contributed by atoms with E-state index in [2.05, 4.69) is 15.4 Å². The number of likely N-dealkylation sites (tertiary alicyclic amines) is 1. The number of hydrogen-bond donors (Lipinski definition) is 1. The summed E-state index contributed by atoms with van der Waals surface area (Å²) in [4.78, 5) is 14.0. The molecule has 1 aliphatic heterocycles. The van der Waals surface area contributed by atoms with E-state index < -0.39 is 11.7 Å². The van der Waals surface area contributed by atoms with Crippen LogP contribution in [0.3, 0.4) is 0 Å². The van der Waals surface area contributed by atoms with Crippen molar-refractivity contribution in [1.29, 1.82) is 0 Å². The molecule has 0 radical (unpaired) electrons. The number of rotatable bonds is 4. The van der Waals surface area contributed by atoms with Crippen molar-refractivity contribution in [2.24, 2.45) is 5.10 Å². The second-order valence-electron chi connectivity index (χ2n) is 5.92. The van der Waals surface area contributed by atoms with Crippen molar-refractivity contribution in [3.63, 3.8) is 0 Å². The molecule has 1 aromatic carbocycles. The highest BCUT2D eigenvalue weighted by Gasteiger charge is 2.32. The van der Waals surface area contributed by atoms with Gasteiger partial charge in [0.25, 0.3) is 5.91 Å². The summed E-state index contributed by atoms with van der Waals surface area (Å²) in [5.41, 5.74) is 1.47. The van der Waals surface area contributed by atoms with Crippen molar-refractivity contribution in [3.8, 4) is 0 Å². The van der Waals surface area contributed by atoms with Crippen molar-refractivity contribution in [3.05, 3.63) is 35.4 Å². The van der Waals surface area contributed by atoms with Gasteiger partial charge < -0.3 is 0 Å². The van der Waals surface area contributed by atoms with Gasteiger partial charge in [-0.05, 0) is 32.0 Å². The Kier molecular flexibility index (Phi) is 6.78. The lowest BCUT2D eigenvalue weighted by atomic mass is 10.1. The van der Waals surface area contributed by atoms with Crippen LogP contribution in [0.1, 0.15) is 43.2 Å². The molecule has 1 aromatic rings. The van der Waals surface area contributed by atoms with Crippen LogP contribution in [0.25, 0.3) is 0 Å². The van der Waals surface area contributed by atoms with Crippen molar-refractivity contribution in [2.75, 3.05) is 19.6 Å². The Morgan fingerprint density at radius 1 is 1.12 bits per heavy atom. The third-order valence-corrected chi connectivity index (χ3v) is 3.97. The van der Waals surface area contributed by atoms with E-state index in [1.807, 2.05) is 0 Å². The topological polar surface area (TPSA) is 44.7 Å². The zero-order chi connectivity index (χ0) is 17.4. The van der Waals surface area contributed by atoms with Gasteiger partial charge in [-0.2, -0.15) is 18.3 Å². The Hall–Kier alpha value is -1.89. The minimum absolute atomic E-state index is 0.0726. The van der Waals surface area contributed by atoms with Gasteiger partial charge in [0.1, 0.15) is 0 Å². The van der Waals surface area contributed by atoms with Crippen LogP contribution < -0.4 is 5.43 Å². The van der Waals surface area contributed by atoms with Crippen LogP contribution in [-0.2, 0) is 11.0 Å². The van der Waals surface area contributed by atoms with Crippen molar-refractivity contribution >= 4 is 12.1 Å². The molecule has 2 rings (SSSR count). The van der Waals surface area contributed by atoms with Gasteiger partial charge in [0, 0.05) is 5.56 Å². The number of amides is 1. The lowest BCUT2D eigenvalue weighted by Gasteiger charge is -2.23. The predicted molar refractivity (Wildman–Crippen MR) is 86.7 cm³/mol. The fourth-order valence-corrected chi connectivity index (χ4v) is 2.75. The first-order valence-electron chi connectivity index (χ1n) is 8.17. The van der Waals surface area contributed by atoms with Crippen LogP contribution in [0.2, 0.25) is 0 Å². The number of hydrogen-bond acceptors (Lipinski definition) is 3. The summed E-state index contributed by atoms with van der Waals surface area (Å²) < 4.78 is 38.6. The Morgan fingerprint density at radius 2 is 1.75 bits per heavy atom. The molecule has 7 heteroatoms. The van der Waals surface area contributed by atoms with Crippen molar-refractivity contribution in [2.45, 2.75) is 38.3 Å². The molecule has 1 fully saturated rings. The second-order valence-corrected chi connectivity index (χ2v) is 5.92. The molecule has 0 spiro atoms. The first-order valence-corrected chi connectivity index (χ1v) is 8.17. The lowest BCUT2D eigenvalue weighted by molar-refractivity contribution is -0.137. The first kappa shape index (κ1) is 18.4. The fourth-order valence-electron chi connectivity index (χ4n) is 2.75. The average molecular weight is 341 g/mol. The molecule has 132 valence electrons. The number of alkyl halides is 3. The number of hydrazone groups is 1. The van der Waals surface area contributed by atoms with E-state index in [0.29, 0.717) is 0 Å². The molecular weight excluding hydrogens is 319 g/mol. The largest absolute Gasteiger partial charge is 0.417 e. The third-order valence-electron chi connectivity index (χ3n) is 3.97. The number of nitrogens with one attached hydrogen (secondary N) is 1. The molecule has 4 nitrogen and oxygen atoms in total. The average Bonchev–Trinajstić information content (AvgIpc) is 2.49. The van der Waals surface area contributed by atoms with E-state index in [0.717, 1.165) is 38.2 Å². The van der Waals surface area contributed by atoms with E-state index in [-0.39, 0.29) is 18.0 Å². The Labute approximate surface area is 139 Å². The molecule has 1 aliphatic rings. The summed E-state index contributed by atoms with van der Waals surface area (Å²) >= 11 is 0. The first-order chi connectivity index (χ1) is 11.5. The van der Waals surface area contributed by atoms with E-state index in [1.54, 1.807) is 0 Å². The van der Waals surface area contributed by atoms with Gasteiger partial charge in [-0.15, -0.1) is 0 Å². The Balaban J connectivity index is 1.88. The van der Waals surface area contributed by atoms with Crippen molar-refractivity contribution in [1.82, 2.24) is 10.3 Å². The van der Waals surface area contributed by atoms with E-state index in [4.69, 9.17) is 0 Å². The number of nitrogens with zero attached hydrogens (tertiary/aromatic N) is 2. The molecule has 1 amide bonds. The zero-order valence-electron chi connectivity index (χ0n) is 13.5. The van der Waals surface area contributed by atoms with Crippen LogP contribution in [0.15, 0.2) is 29.4 Å². The third kappa shape index (κ3) is 5.96. The molecule has 0 bridgehead atoms. The second kappa shape index (κ2) is 8.82. The van der Waals surface area contributed by atoms with Crippen LogP contribution in [0.5, 0.6) is 0 Å². The smallest absolute Gasteiger partial charge is 0.294 e. The molecule has 0 aliphatic carbocycles. The van der Waals surface area contributed by atoms with Crippen LogP contribution in [-0.4, -0.2) is 36.7 Å². The van der Waals surface area contributed by atoms with Gasteiger partial charge in [-0.1, -0.05) is 37.5 Å². The summed E-state index contributed by atoms with van der Waals surface area (Å²) in [5.74, 6) is -0.309. The Bertz CT molecular complexity index is 564. The maximum atomic E-state index is 12.9. The number of benzene rings is 1. The van der Waals surface area contributed by atoms with Crippen molar-refractivity contribution < 1.29 is 18.0 Å². The van der Waals surface area contributed by atoms with Gasteiger partial charge in [-0.25, -0.2) is 5.43 Å². The molecule has 0 atom stereocenters. The minimum atomic E-state index is -4.45. The summed E-state index contributed by atoms with van der Waals surface area (Å²) in [7, 11) is 0. The summed E-state index contributed by atoms with van der Waals surface area (Å²) in [5, 5.41) is 3.67. The highest BCUT2D eigenvalue weighted by Crippen LogP contribution is 2.30. The van der Waals surface area contributed by atoms with Gasteiger partial charge in [0.15, 0.2) is 0 Å². The molecule has 1 saturated heterocycles. The predicted octanol–water partition coefficient (Wildman–Crippen LogP) is 3.42. The minimum Gasteiger partial charge on any atom is -0.294 e. The summed E-state index contributed by atoms with van der Waals surface area (Å²) in [6, 6.07) is 5.12. The SMILES string of the molecule is O=C(CN1CCCCCCC1)N/N=C\c1ccccc1C(F)(F)F. The molecule has 1 heterocycles. The number of carbonyl (C=O) groups excluding carboxylic acids is 1. The van der Waals surface area contributed by atoms with Gasteiger partial charge >= 0.3 is 6.18 Å². The fraction of sp³-hybridized carbons (Fsp3) is 0.529. The molecule has 1 N–H and O–H groups in total. The molecule has 0 aromatic heterocycles. The van der Waals surface area contributed by atoms with Gasteiger partial charge in [0.05, 0.1) is 18.3 Å². The number of carbonyl (C=O) groups is 1. The van der Waals surface area contributed by atoms with Gasteiger partial charge in [0.2, 0.25) is 0 Å². The van der Waals surface area contributed by atoms with E-state index in [1.165, 1.54) is 37.5 Å². The molecule has 0 unspecified atom stereocenters. The van der Waals surface area contributed by atoms with Crippen LogP contribution in [0.4, 0.5) is 13.2 Å². The quantitative estimate of drug-likeness (QED) is 0.674. The molecular formula is C17H22F3N3O. The number of halogens is 3.